The van der Waals surface area contributed by atoms with Gasteiger partial charge in [0, 0.05) is 43.9 Å². The number of halogens is 2. The van der Waals surface area contributed by atoms with E-state index in [4.69, 9.17) is 11.6 Å². The summed E-state index contributed by atoms with van der Waals surface area (Å²) in [6.45, 7) is 2.80. The van der Waals surface area contributed by atoms with Crippen molar-refractivity contribution in [1.29, 1.82) is 0 Å². The third-order valence-electron chi connectivity index (χ3n) is 4.68. The number of rotatable bonds is 3. The molecule has 10 heteroatoms. The fourth-order valence-electron chi connectivity index (χ4n) is 2.93. The van der Waals surface area contributed by atoms with Crippen LogP contribution in [0.3, 0.4) is 0 Å². The first-order chi connectivity index (χ1) is 13.8. The highest BCUT2D eigenvalue weighted by Gasteiger charge is 2.25. The Morgan fingerprint density at radius 3 is 2.34 bits per heavy atom. The summed E-state index contributed by atoms with van der Waals surface area (Å²) in [5.74, 6) is -0.726. The normalized spacial score (nSPS) is 13.9. The quantitative estimate of drug-likeness (QED) is 0.605. The van der Waals surface area contributed by atoms with Crippen LogP contribution in [0.1, 0.15) is 15.9 Å². The van der Waals surface area contributed by atoms with Crippen molar-refractivity contribution in [2.24, 2.45) is 0 Å². The molecule has 1 heterocycles. The van der Waals surface area contributed by atoms with E-state index in [1.165, 1.54) is 23.1 Å². The molecule has 0 spiro atoms. The predicted octanol–water partition coefficient (Wildman–Crippen LogP) is 3.69. The molecule has 1 saturated heterocycles. The van der Waals surface area contributed by atoms with Crippen LogP contribution in [0, 0.1) is 22.9 Å². The summed E-state index contributed by atoms with van der Waals surface area (Å²) in [5, 5.41) is 13.4. The van der Waals surface area contributed by atoms with Crippen LogP contribution < -0.4 is 5.32 Å². The molecule has 1 aliphatic heterocycles. The van der Waals surface area contributed by atoms with Crippen LogP contribution in [0.2, 0.25) is 5.02 Å². The van der Waals surface area contributed by atoms with E-state index in [1.54, 1.807) is 24.0 Å². The number of benzene rings is 2. The highest BCUT2D eigenvalue weighted by Crippen LogP contribution is 2.27. The van der Waals surface area contributed by atoms with E-state index in [1.807, 2.05) is 0 Å². The first kappa shape index (κ1) is 20.5. The van der Waals surface area contributed by atoms with Crippen LogP contribution in [0.4, 0.5) is 20.6 Å². The van der Waals surface area contributed by atoms with Crippen molar-refractivity contribution in [2.75, 3.05) is 31.5 Å². The van der Waals surface area contributed by atoms with Gasteiger partial charge in [0.05, 0.1) is 15.6 Å². The van der Waals surface area contributed by atoms with Crippen LogP contribution in [-0.2, 0) is 0 Å². The van der Waals surface area contributed by atoms with Crippen molar-refractivity contribution in [3.8, 4) is 0 Å². The Kier molecular flexibility index (Phi) is 5.97. The summed E-state index contributed by atoms with van der Waals surface area (Å²) in [6.07, 6.45) is 0. The molecular formula is C19H18ClFN4O4. The van der Waals surface area contributed by atoms with Gasteiger partial charge in [-0.3, -0.25) is 14.9 Å². The second-order valence-electron chi connectivity index (χ2n) is 6.59. The number of nitrogens with one attached hydrogen (secondary N) is 1. The van der Waals surface area contributed by atoms with Gasteiger partial charge in [0.15, 0.2) is 0 Å². The Bertz CT molecular complexity index is 977. The van der Waals surface area contributed by atoms with E-state index >= 15 is 0 Å². The van der Waals surface area contributed by atoms with Gasteiger partial charge in [0.2, 0.25) is 0 Å². The molecular weight excluding hydrogens is 403 g/mol. The van der Waals surface area contributed by atoms with Crippen LogP contribution in [0.5, 0.6) is 0 Å². The van der Waals surface area contributed by atoms with Crippen molar-refractivity contribution in [3.63, 3.8) is 0 Å². The number of hydrogen-bond acceptors (Lipinski definition) is 4. The SMILES string of the molecule is Cc1ccc(C(=O)N2CCN(C(=O)Nc3ccc([N+](=O)[O-])cc3Cl)CC2)cc1F. The number of nitrogens with zero attached hydrogens (tertiary/aromatic N) is 3. The number of anilines is 1. The highest BCUT2D eigenvalue weighted by molar-refractivity contribution is 6.33. The maximum absolute atomic E-state index is 13.7. The van der Waals surface area contributed by atoms with Gasteiger partial charge in [-0.05, 0) is 30.7 Å². The summed E-state index contributed by atoms with van der Waals surface area (Å²) in [5.41, 5.74) is 0.820. The lowest BCUT2D eigenvalue weighted by atomic mass is 10.1. The zero-order chi connectivity index (χ0) is 21.1. The zero-order valence-electron chi connectivity index (χ0n) is 15.5. The Balaban J connectivity index is 1.58. The van der Waals surface area contributed by atoms with Crippen molar-refractivity contribution < 1.29 is 18.9 Å². The molecule has 1 N–H and O–H groups in total. The van der Waals surface area contributed by atoms with E-state index in [2.05, 4.69) is 5.32 Å². The largest absolute Gasteiger partial charge is 0.335 e. The first-order valence-electron chi connectivity index (χ1n) is 8.81. The van der Waals surface area contributed by atoms with Crippen LogP contribution in [0.15, 0.2) is 36.4 Å². The minimum atomic E-state index is -0.576. The Labute approximate surface area is 171 Å². The topological polar surface area (TPSA) is 95.8 Å². The van der Waals surface area contributed by atoms with Crippen molar-refractivity contribution >= 4 is 34.9 Å². The molecule has 0 atom stereocenters. The number of carbonyl (C=O) groups excluding carboxylic acids is 2. The molecule has 8 nitrogen and oxygen atoms in total. The molecule has 152 valence electrons. The number of aryl methyl sites for hydroxylation is 1. The first-order valence-corrected chi connectivity index (χ1v) is 9.19. The molecule has 1 aliphatic rings. The molecule has 29 heavy (non-hydrogen) atoms. The van der Waals surface area contributed by atoms with Gasteiger partial charge in [-0.15, -0.1) is 0 Å². The number of nitro groups is 1. The van der Waals surface area contributed by atoms with Crippen molar-refractivity contribution in [3.05, 3.63) is 68.5 Å². The average molecular weight is 421 g/mol. The molecule has 0 unspecified atom stereocenters. The van der Waals surface area contributed by atoms with E-state index in [-0.39, 0.29) is 41.0 Å². The number of carbonyl (C=O) groups is 2. The standard InChI is InChI=1S/C19H18ClFN4O4/c1-12-2-3-13(10-16(12)21)18(26)23-6-8-24(9-7-23)19(27)22-17-5-4-14(25(28)29)11-15(17)20/h2-5,10-11H,6-9H2,1H3,(H,22,27). The van der Waals surface area contributed by atoms with E-state index in [0.29, 0.717) is 18.7 Å². The smallest absolute Gasteiger partial charge is 0.322 e. The molecule has 3 amide bonds. The minimum Gasteiger partial charge on any atom is -0.335 e. The van der Waals surface area contributed by atoms with Gasteiger partial charge >= 0.3 is 6.03 Å². The summed E-state index contributed by atoms with van der Waals surface area (Å²) in [4.78, 5) is 38.2. The number of non-ortho nitro benzene ring substituents is 1. The molecule has 0 bridgehead atoms. The molecule has 2 aromatic carbocycles. The number of piperazine rings is 1. The van der Waals surface area contributed by atoms with Crippen LogP contribution in [-0.4, -0.2) is 52.8 Å². The van der Waals surface area contributed by atoms with E-state index in [0.717, 1.165) is 6.07 Å². The lowest BCUT2D eigenvalue weighted by molar-refractivity contribution is -0.384. The molecule has 0 saturated carbocycles. The third-order valence-corrected chi connectivity index (χ3v) is 4.99. The average Bonchev–Trinajstić information content (AvgIpc) is 2.71. The molecule has 0 radical (unpaired) electrons. The van der Waals surface area contributed by atoms with Gasteiger partial charge in [0.1, 0.15) is 5.82 Å². The minimum absolute atomic E-state index is 0.0581. The molecule has 2 aromatic rings. The maximum Gasteiger partial charge on any atom is 0.322 e. The fraction of sp³-hybridized carbons (Fsp3) is 0.263. The van der Waals surface area contributed by atoms with Crippen LogP contribution in [0.25, 0.3) is 0 Å². The molecule has 0 aromatic heterocycles. The summed E-state index contributed by atoms with van der Waals surface area (Å²) < 4.78 is 13.7. The van der Waals surface area contributed by atoms with Crippen LogP contribution >= 0.6 is 11.6 Å². The van der Waals surface area contributed by atoms with Gasteiger partial charge in [0.25, 0.3) is 11.6 Å². The summed E-state index contributed by atoms with van der Waals surface area (Å²) >= 11 is 5.99. The Morgan fingerprint density at radius 2 is 1.76 bits per heavy atom. The summed E-state index contributed by atoms with van der Waals surface area (Å²) in [6, 6.07) is 7.70. The fourth-order valence-corrected chi connectivity index (χ4v) is 3.16. The summed E-state index contributed by atoms with van der Waals surface area (Å²) in [7, 11) is 0. The number of nitro benzene ring substituents is 1. The van der Waals surface area contributed by atoms with Gasteiger partial charge in [-0.2, -0.15) is 0 Å². The number of urea groups is 1. The zero-order valence-corrected chi connectivity index (χ0v) is 16.3. The molecule has 1 fully saturated rings. The lowest BCUT2D eigenvalue weighted by Gasteiger charge is -2.34. The lowest BCUT2D eigenvalue weighted by Crippen LogP contribution is -2.51. The Morgan fingerprint density at radius 1 is 1.10 bits per heavy atom. The van der Waals surface area contributed by atoms with Crippen molar-refractivity contribution in [1.82, 2.24) is 9.80 Å². The second-order valence-corrected chi connectivity index (χ2v) is 7.00. The number of hydrogen-bond donors (Lipinski definition) is 1. The van der Waals surface area contributed by atoms with Gasteiger partial charge in [-0.25, -0.2) is 9.18 Å². The molecule has 3 rings (SSSR count). The van der Waals surface area contributed by atoms with Crippen molar-refractivity contribution in [2.45, 2.75) is 6.92 Å². The second kappa shape index (κ2) is 8.44. The van der Waals surface area contributed by atoms with E-state index in [9.17, 15) is 24.1 Å². The van der Waals surface area contributed by atoms with Gasteiger partial charge in [-0.1, -0.05) is 17.7 Å². The number of amides is 3. The Hall–Kier alpha value is -3.20. The highest BCUT2D eigenvalue weighted by atomic mass is 35.5. The van der Waals surface area contributed by atoms with E-state index < -0.39 is 16.8 Å². The maximum atomic E-state index is 13.7. The third kappa shape index (κ3) is 4.62. The van der Waals surface area contributed by atoms with Gasteiger partial charge < -0.3 is 15.1 Å². The monoisotopic (exact) mass is 420 g/mol. The predicted molar refractivity (Wildman–Crippen MR) is 106 cm³/mol. The molecule has 0 aliphatic carbocycles.